The maximum absolute atomic E-state index is 12.7. The van der Waals surface area contributed by atoms with Crippen LogP contribution >= 0.6 is 0 Å². The summed E-state index contributed by atoms with van der Waals surface area (Å²) >= 11 is 0. The van der Waals surface area contributed by atoms with Gasteiger partial charge in [-0.05, 0) is 37.2 Å². The molecule has 7 heteroatoms. The lowest BCUT2D eigenvalue weighted by Gasteiger charge is -2.14. The number of benzene rings is 1. The van der Waals surface area contributed by atoms with Gasteiger partial charge in [-0.3, -0.25) is 9.59 Å². The lowest BCUT2D eigenvalue weighted by Crippen LogP contribution is -2.40. The van der Waals surface area contributed by atoms with Crippen molar-refractivity contribution in [3.63, 3.8) is 0 Å². The van der Waals surface area contributed by atoms with E-state index in [4.69, 9.17) is 9.84 Å². The number of anilines is 1. The molecule has 1 atom stereocenters. The van der Waals surface area contributed by atoms with Gasteiger partial charge in [-0.25, -0.2) is 4.39 Å². The average molecular weight is 298 g/mol. The van der Waals surface area contributed by atoms with E-state index in [1.165, 1.54) is 24.3 Å². The number of amides is 1. The molecule has 1 unspecified atom stereocenters. The summed E-state index contributed by atoms with van der Waals surface area (Å²) in [5.74, 6) is -1.95. The van der Waals surface area contributed by atoms with Crippen molar-refractivity contribution < 1.29 is 23.8 Å². The molecule has 1 rings (SSSR count). The van der Waals surface area contributed by atoms with Crippen LogP contribution in [0.15, 0.2) is 24.3 Å². The van der Waals surface area contributed by atoms with Crippen LogP contribution in [0.3, 0.4) is 0 Å². The van der Waals surface area contributed by atoms with Crippen molar-refractivity contribution in [1.29, 1.82) is 0 Å². The quantitative estimate of drug-likeness (QED) is 0.597. The molecule has 0 aromatic heterocycles. The molecule has 0 aliphatic rings. The topological polar surface area (TPSA) is 87.7 Å². The summed E-state index contributed by atoms with van der Waals surface area (Å²) in [6, 6.07) is 4.28. The van der Waals surface area contributed by atoms with Gasteiger partial charge in [0, 0.05) is 19.4 Å². The standard InChI is InChI=1S/C14H19FN2O4/c1-21-8-2-7-16-12(14(19)20)9-13(18)17-11-5-3-10(15)4-6-11/h3-6,12,16H,2,7-9H2,1H3,(H,17,18)(H,19,20). The number of carboxylic acid groups (broad SMARTS) is 1. The summed E-state index contributed by atoms with van der Waals surface area (Å²) in [7, 11) is 1.56. The van der Waals surface area contributed by atoms with Crippen LogP contribution in [0.1, 0.15) is 12.8 Å². The molecule has 116 valence electrons. The van der Waals surface area contributed by atoms with Gasteiger partial charge in [0.1, 0.15) is 11.9 Å². The third-order valence-corrected chi connectivity index (χ3v) is 2.73. The fourth-order valence-corrected chi connectivity index (χ4v) is 1.67. The van der Waals surface area contributed by atoms with Crippen LogP contribution in [0.5, 0.6) is 0 Å². The summed E-state index contributed by atoms with van der Waals surface area (Å²) in [5.41, 5.74) is 0.421. The second-order valence-electron chi connectivity index (χ2n) is 4.45. The van der Waals surface area contributed by atoms with Crippen molar-refractivity contribution in [2.45, 2.75) is 18.9 Å². The number of hydrogen-bond donors (Lipinski definition) is 3. The van der Waals surface area contributed by atoms with E-state index in [0.29, 0.717) is 25.3 Å². The fraction of sp³-hybridized carbons (Fsp3) is 0.429. The maximum Gasteiger partial charge on any atom is 0.321 e. The van der Waals surface area contributed by atoms with E-state index in [2.05, 4.69) is 10.6 Å². The van der Waals surface area contributed by atoms with Crippen molar-refractivity contribution in [2.24, 2.45) is 0 Å². The molecule has 0 saturated carbocycles. The second kappa shape index (κ2) is 9.04. The SMILES string of the molecule is COCCCNC(CC(=O)Nc1ccc(F)cc1)C(=O)O. The van der Waals surface area contributed by atoms with E-state index < -0.39 is 23.7 Å². The van der Waals surface area contributed by atoms with Gasteiger partial charge in [0.2, 0.25) is 5.91 Å². The van der Waals surface area contributed by atoms with E-state index in [1.807, 2.05) is 0 Å². The summed E-state index contributed by atoms with van der Waals surface area (Å²) in [5, 5.41) is 14.4. The van der Waals surface area contributed by atoms with Gasteiger partial charge in [0.25, 0.3) is 0 Å². The molecule has 1 aromatic rings. The minimum atomic E-state index is -1.10. The number of carbonyl (C=O) groups excluding carboxylic acids is 1. The van der Waals surface area contributed by atoms with Crippen LogP contribution in [-0.4, -0.2) is 43.3 Å². The van der Waals surface area contributed by atoms with Crippen molar-refractivity contribution >= 4 is 17.6 Å². The Morgan fingerprint density at radius 2 is 2.00 bits per heavy atom. The van der Waals surface area contributed by atoms with E-state index in [9.17, 15) is 14.0 Å². The Labute approximate surface area is 122 Å². The molecular formula is C14H19FN2O4. The van der Waals surface area contributed by atoms with Gasteiger partial charge in [-0.2, -0.15) is 0 Å². The van der Waals surface area contributed by atoms with E-state index >= 15 is 0 Å². The number of aliphatic carboxylic acids is 1. The number of nitrogens with one attached hydrogen (secondary N) is 2. The maximum atomic E-state index is 12.7. The summed E-state index contributed by atoms with van der Waals surface area (Å²) in [6.45, 7) is 0.954. The first-order chi connectivity index (χ1) is 10.0. The normalized spacial score (nSPS) is 11.9. The Bertz CT molecular complexity index is 465. The zero-order valence-electron chi connectivity index (χ0n) is 11.8. The molecule has 21 heavy (non-hydrogen) atoms. The zero-order valence-corrected chi connectivity index (χ0v) is 11.8. The van der Waals surface area contributed by atoms with E-state index in [0.717, 1.165) is 0 Å². The summed E-state index contributed by atoms with van der Waals surface area (Å²) in [6.07, 6.45) is 0.444. The van der Waals surface area contributed by atoms with Gasteiger partial charge in [0.15, 0.2) is 0 Å². The number of halogens is 1. The van der Waals surface area contributed by atoms with E-state index in [-0.39, 0.29) is 6.42 Å². The van der Waals surface area contributed by atoms with E-state index in [1.54, 1.807) is 7.11 Å². The van der Waals surface area contributed by atoms with Crippen LogP contribution in [0, 0.1) is 5.82 Å². The highest BCUT2D eigenvalue weighted by Crippen LogP contribution is 2.09. The first-order valence-electron chi connectivity index (χ1n) is 6.53. The van der Waals surface area contributed by atoms with Gasteiger partial charge >= 0.3 is 5.97 Å². The smallest absolute Gasteiger partial charge is 0.321 e. The summed E-state index contributed by atoms with van der Waals surface area (Å²) in [4.78, 5) is 22.8. The van der Waals surface area contributed by atoms with Crippen molar-refractivity contribution in [3.05, 3.63) is 30.1 Å². The van der Waals surface area contributed by atoms with Crippen LogP contribution in [-0.2, 0) is 14.3 Å². The fourth-order valence-electron chi connectivity index (χ4n) is 1.67. The molecular weight excluding hydrogens is 279 g/mol. The minimum absolute atomic E-state index is 0.209. The Morgan fingerprint density at radius 1 is 1.33 bits per heavy atom. The van der Waals surface area contributed by atoms with Crippen LogP contribution < -0.4 is 10.6 Å². The largest absolute Gasteiger partial charge is 0.480 e. The highest BCUT2D eigenvalue weighted by atomic mass is 19.1. The molecule has 0 spiro atoms. The van der Waals surface area contributed by atoms with Crippen LogP contribution in [0.2, 0.25) is 0 Å². The Hall–Kier alpha value is -1.99. The monoisotopic (exact) mass is 298 g/mol. The zero-order chi connectivity index (χ0) is 15.7. The van der Waals surface area contributed by atoms with Gasteiger partial charge in [-0.15, -0.1) is 0 Å². The Kier molecular flexibility index (Phi) is 7.34. The third kappa shape index (κ3) is 6.82. The molecule has 0 aliphatic heterocycles. The van der Waals surface area contributed by atoms with Crippen molar-refractivity contribution in [2.75, 3.05) is 25.6 Å². The number of hydrogen-bond acceptors (Lipinski definition) is 4. The summed E-state index contributed by atoms with van der Waals surface area (Å²) < 4.78 is 17.6. The predicted molar refractivity (Wildman–Crippen MR) is 75.6 cm³/mol. The van der Waals surface area contributed by atoms with Crippen LogP contribution in [0.25, 0.3) is 0 Å². The molecule has 3 N–H and O–H groups in total. The first kappa shape index (κ1) is 17.1. The number of ether oxygens (including phenoxy) is 1. The van der Waals surface area contributed by atoms with Gasteiger partial charge < -0.3 is 20.5 Å². The lowest BCUT2D eigenvalue weighted by molar-refractivity contribution is -0.141. The van der Waals surface area contributed by atoms with Crippen molar-refractivity contribution in [1.82, 2.24) is 5.32 Å². The highest BCUT2D eigenvalue weighted by molar-refractivity contribution is 5.93. The number of carboxylic acids is 1. The average Bonchev–Trinajstić information content (AvgIpc) is 2.44. The molecule has 0 bridgehead atoms. The Balaban J connectivity index is 2.44. The third-order valence-electron chi connectivity index (χ3n) is 2.73. The van der Waals surface area contributed by atoms with Crippen molar-refractivity contribution in [3.8, 4) is 0 Å². The van der Waals surface area contributed by atoms with Gasteiger partial charge in [-0.1, -0.05) is 0 Å². The number of carbonyl (C=O) groups is 2. The molecule has 0 saturated heterocycles. The lowest BCUT2D eigenvalue weighted by atomic mass is 10.2. The van der Waals surface area contributed by atoms with Crippen LogP contribution in [0.4, 0.5) is 10.1 Å². The highest BCUT2D eigenvalue weighted by Gasteiger charge is 2.20. The number of rotatable bonds is 9. The molecule has 0 heterocycles. The minimum Gasteiger partial charge on any atom is -0.480 e. The molecule has 0 radical (unpaired) electrons. The number of methoxy groups -OCH3 is 1. The Morgan fingerprint density at radius 3 is 2.57 bits per heavy atom. The first-order valence-corrected chi connectivity index (χ1v) is 6.53. The molecule has 1 amide bonds. The molecule has 1 aromatic carbocycles. The second-order valence-corrected chi connectivity index (χ2v) is 4.45. The van der Waals surface area contributed by atoms with Gasteiger partial charge in [0.05, 0.1) is 6.42 Å². The molecule has 0 fully saturated rings. The molecule has 0 aliphatic carbocycles. The molecule has 6 nitrogen and oxygen atoms in total. The predicted octanol–water partition coefficient (Wildman–Crippen LogP) is 1.23.